The smallest absolute Gasteiger partial charge is 0.338 e. The predicted molar refractivity (Wildman–Crippen MR) is 90.3 cm³/mol. The number of esters is 1. The fourth-order valence-electron chi connectivity index (χ4n) is 2.32. The lowest BCUT2D eigenvalue weighted by Crippen LogP contribution is -2.07. The van der Waals surface area contributed by atoms with Gasteiger partial charge in [-0.25, -0.2) is 4.79 Å². The summed E-state index contributed by atoms with van der Waals surface area (Å²) in [6.07, 6.45) is 9.81. The molecule has 0 unspecified atom stereocenters. The molecule has 1 aromatic carbocycles. The van der Waals surface area contributed by atoms with Crippen LogP contribution in [0.1, 0.15) is 68.6 Å². The normalized spacial score (nSPS) is 10.5. The van der Waals surface area contributed by atoms with Crippen LogP contribution in [0.4, 0.5) is 5.69 Å². The number of rotatable bonds is 11. The minimum absolute atomic E-state index is 0.318. The molecule has 22 heavy (non-hydrogen) atoms. The molecule has 4 nitrogen and oxygen atoms in total. The molecule has 0 atom stereocenters. The van der Waals surface area contributed by atoms with Crippen LogP contribution in [0.2, 0.25) is 0 Å². The van der Waals surface area contributed by atoms with Crippen LogP contribution in [0.25, 0.3) is 0 Å². The summed E-state index contributed by atoms with van der Waals surface area (Å²) in [4.78, 5) is 11.9. The first-order valence-corrected chi connectivity index (χ1v) is 8.29. The fourth-order valence-corrected chi connectivity index (χ4v) is 2.32. The summed E-state index contributed by atoms with van der Waals surface area (Å²) in [6, 6.07) is 4.94. The molecule has 1 rings (SSSR count). The number of unbranched alkanes of at least 4 members (excludes halogenated alkanes) is 7. The van der Waals surface area contributed by atoms with E-state index in [4.69, 9.17) is 15.2 Å². The maximum absolute atomic E-state index is 11.9. The van der Waals surface area contributed by atoms with Gasteiger partial charge in [0.1, 0.15) is 5.75 Å². The Balaban J connectivity index is 2.16. The van der Waals surface area contributed by atoms with E-state index in [0.717, 1.165) is 12.8 Å². The second-order valence-electron chi connectivity index (χ2n) is 5.57. The zero-order valence-corrected chi connectivity index (χ0v) is 13.9. The van der Waals surface area contributed by atoms with Crippen LogP contribution in [-0.2, 0) is 4.74 Å². The monoisotopic (exact) mass is 307 g/mol. The van der Waals surface area contributed by atoms with Crippen molar-refractivity contribution in [1.29, 1.82) is 0 Å². The van der Waals surface area contributed by atoms with Crippen LogP contribution >= 0.6 is 0 Å². The number of hydrogen-bond donors (Lipinski definition) is 1. The Labute approximate surface area is 134 Å². The minimum Gasteiger partial charge on any atom is -0.495 e. The number of hydrogen-bond acceptors (Lipinski definition) is 4. The second-order valence-corrected chi connectivity index (χ2v) is 5.57. The van der Waals surface area contributed by atoms with E-state index >= 15 is 0 Å². The molecule has 0 aliphatic rings. The van der Waals surface area contributed by atoms with Gasteiger partial charge in [0, 0.05) is 0 Å². The third-order valence-electron chi connectivity index (χ3n) is 3.70. The van der Waals surface area contributed by atoms with Crippen LogP contribution < -0.4 is 10.5 Å². The number of benzene rings is 1. The Bertz CT molecular complexity index is 446. The van der Waals surface area contributed by atoms with E-state index in [9.17, 15) is 4.79 Å². The highest BCUT2D eigenvalue weighted by Gasteiger charge is 2.09. The van der Waals surface area contributed by atoms with Crippen LogP contribution in [0.5, 0.6) is 5.75 Å². The zero-order valence-electron chi connectivity index (χ0n) is 13.9. The third-order valence-corrected chi connectivity index (χ3v) is 3.70. The average molecular weight is 307 g/mol. The van der Waals surface area contributed by atoms with Gasteiger partial charge >= 0.3 is 5.97 Å². The first-order valence-electron chi connectivity index (χ1n) is 8.29. The SMILES string of the molecule is CCCCCCCCCCOC(=O)c1ccc(N)c(OC)c1. The van der Waals surface area contributed by atoms with Gasteiger partial charge in [-0.05, 0) is 24.6 Å². The van der Waals surface area contributed by atoms with E-state index in [1.165, 1.54) is 45.6 Å². The highest BCUT2D eigenvalue weighted by molar-refractivity contribution is 5.90. The van der Waals surface area contributed by atoms with Crippen molar-refractivity contribution in [1.82, 2.24) is 0 Å². The van der Waals surface area contributed by atoms with Gasteiger partial charge < -0.3 is 15.2 Å². The summed E-state index contributed by atoms with van der Waals surface area (Å²) >= 11 is 0. The summed E-state index contributed by atoms with van der Waals surface area (Å²) in [5, 5.41) is 0. The van der Waals surface area contributed by atoms with Crippen LogP contribution in [0.15, 0.2) is 18.2 Å². The van der Waals surface area contributed by atoms with Crippen molar-refractivity contribution >= 4 is 11.7 Å². The molecule has 0 aliphatic carbocycles. The van der Waals surface area contributed by atoms with E-state index in [1.54, 1.807) is 18.2 Å². The molecule has 0 fully saturated rings. The third kappa shape index (κ3) is 6.83. The van der Waals surface area contributed by atoms with Crippen molar-refractivity contribution in [3.63, 3.8) is 0 Å². The fraction of sp³-hybridized carbons (Fsp3) is 0.611. The molecule has 0 spiro atoms. The number of nitrogen functional groups attached to an aromatic ring is 1. The highest BCUT2D eigenvalue weighted by Crippen LogP contribution is 2.22. The van der Waals surface area contributed by atoms with Crippen molar-refractivity contribution in [2.75, 3.05) is 19.5 Å². The molecule has 0 aromatic heterocycles. The lowest BCUT2D eigenvalue weighted by atomic mass is 10.1. The number of ether oxygens (including phenoxy) is 2. The first kappa shape index (κ1) is 18.3. The predicted octanol–water partition coefficient (Wildman–Crippen LogP) is 4.57. The quantitative estimate of drug-likeness (QED) is 0.369. The van der Waals surface area contributed by atoms with Crippen LogP contribution in [0, 0.1) is 0 Å². The van der Waals surface area contributed by atoms with Crippen LogP contribution in [0.3, 0.4) is 0 Å². The number of methoxy groups -OCH3 is 1. The van der Waals surface area contributed by atoms with Gasteiger partial charge in [-0.1, -0.05) is 51.9 Å². The van der Waals surface area contributed by atoms with Crippen molar-refractivity contribution in [3.8, 4) is 5.75 Å². The van der Waals surface area contributed by atoms with Gasteiger partial charge in [-0.2, -0.15) is 0 Å². The number of nitrogens with two attached hydrogens (primary N) is 1. The Morgan fingerprint density at radius 1 is 1.05 bits per heavy atom. The summed E-state index contributed by atoms with van der Waals surface area (Å²) in [5.41, 5.74) is 6.71. The lowest BCUT2D eigenvalue weighted by molar-refractivity contribution is 0.0497. The first-order chi connectivity index (χ1) is 10.7. The standard InChI is InChI=1S/C18H29NO3/c1-3-4-5-6-7-8-9-10-13-22-18(20)15-11-12-16(19)17(14-15)21-2/h11-12,14H,3-10,13,19H2,1-2H3. The molecule has 0 heterocycles. The lowest BCUT2D eigenvalue weighted by Gasteiger charge is -2.08. The Morgan fingerprint density at radius 3 is 2.32 bits per heavy atom. The number of anilines is 1. The van der Waals surface area contributed by atoms with Gasteiger partial charge in [0.15, 0.2) is 0 Å². The average Bonchev–Trinajstić information content (AvgIpc) is 2.53. The molecule has 0 amide bonds. The molecule has 0 saturated carbocycles. The maximum Gasteiger partial charge on any atom is 0.338 e. The molecule has 0 bridgehead atoms. The van der Waals surface area contributed by atoms with Gasteiger partial charge in [0.05, 0.1) is 25.0 Å². The molecular formula is C18H29NO3. The van der Waals surface area contributed by atoms with Crippen molar-refractivity contribution in [2.45, 2.75) is 58.3 Å². The van der Waals surface area contributed by atoms with E-state index in [0.29, 0.717) is 23.6 Å². The maximum atomic E-state index is 11.9. The van der Waals surface area contributed by atoms with E-state index < -0.39 is 0 Å². The summed E-state index contributed by atoms with van der Waals surface area (Å²) in [6.45, 7) is 2.70. The van der Waals surface area contributed by atoms with E-state index in [-0.39, 0.29) is 5.97 Å². The second kappa shape index (κ2) is 10.9. The van der Waals surface area contributed by atoms with Gasteiger partial charge in [0.2, 0.25) is 0 Å². The van der Waals surface area contributed by atoms with E-state index in [1.807, 2.05) is 0 Å². The molecule has 0 radical (unpaired) electrons. The Kier molecular flexibility index (Phi) is 9.12. The summed E-state index contributed by atoms with van der Waals surface area (Å²) in [5.74, 6) is 0.183. The summed E-state index contributed by atoms with van der Waals surface area (Å²) < 4.78 is 10.4. The molecule has 4 heteroatoms. The van der Waals surface area contributed by atoms with Gasteiger partial charge in [0.25, 0.3) is 0 Å². The minimum atomic E-state index is -0.318. The topological polar surface area (TPSA) is 61.5 Å². The number of carbonyl (C=O) groups excluding carboxylic acids is 1. The van der Waals surface area contributed by atoms with Crippen molar-refractivity contribution in [3.05, 3.63) is 23.8 Å². The molecule has 1 aromatic rings. The van der Waals surface area contributed by atoms with Crippen molar-refractivity contribution in [2.24, 2.45) is 0 Å². The molecule has 0 saturated heterocycles. The van der Waals surface area contributed by atoms with Gasteiger partial charge in [-0.3, -0.25) is 0 Å². The van der Waals surface area contributed by atoms with Crippen molar-refractivity contribution < 1.29 is 14.3 Å². The van der Waals surface area contributed by atoms with E-state index in [2.05, 4.69) is 6.92 Å². The molecular weight excluding hydrogens is 278 g/mol. The molecule has 2 N–H and O–H groups in total. The summed E-state index contributed by atoms with van der Waals surface area (Å²) in [7, 11) is 1.53. The van der Waals surface area contributed by atoms with Crippen LogP contribution in [-0.4, -0.2) is 19.7 Å². The Hall–Kier alpha value is -1.71. The molecule has 0 aliphatic heterocycles. The molecule has 124 valence electrons. The largest absolute Gasteiger partial charge is 0.495 e. The van der Waals surface area contributed by atoms with Gasteiger partial charge in [-0.15, -0.1) is 0 Å². The zero-order chi connectivity index (χ0) is 16.2. The number of carbonyl (C=O) groups is 1. The Morgan fingerprint density at radius 2 is 1.68 bits per heavy atom. The highest BCUT2D eigenvalue weighted by atomic mass is 16.5.